The second kappa shape index (κ2) is 9.47. The summed E-state index contributed by atoms with van der Waals surface area (Å²) in [6, 6.07) is 13.8. The topological polar surface area (TPSA) is 120 Å². The summed E-state index contributed by atoms with van der Waals surface area (Å²) < 4.78 is 49.1. The molecule has 1 atom stereocenters. The van der Waals surface area contributed by atoms with Gasteiger partial charge >= 0.3 is 12.1 Å². The second-order valence-electron chi connectivity index (χ2n) is 7.94. The van der Waals surface area contributed by atoms with E-state index in [1.807, 2.05) is 6.07 Å². The van der Waals surface area contributed by atoms with E-state index >= 15 is 0 Å². The number of nitriles is 1. The fourth-order valence-electron chi connectivity index (χ4n) is 3.68. The maximum Gasteiger partial charge on any atom is 0.434 e. The molecule has 2 aromatic heterocycles. The number of aromatic nitrogens is 4. The van der Waals surface area contributed by atoms with Gasteiger partial charge in [0.1, 0.15) is 17.5 Å². The van der Waals surface area contributed by atoms with Crippen molar-refractivity contribution in [2.45, 2.75) is 31.7 Å². The Bertz CT molecular complexity index is 1480. The van der Waals surface area contributed by atoms with E-state index in [9.17, 15) is 18.0 Å². The van der Waals surface area contributed by atoms with Gasteiger partial charge in [0.15, 0.2) is 0 Å². The summed E-state index contributed by atoms with van der Waals surface area (Å²) >= 11 is 6.19. The van der Waals surface area contributed by atoms with Crippen molar-refractivity contribution in [2.24, 2.45) is 0 Å². The Morgan fingerprint density at radius 1 is 1.19 bits per heavy atom. The van der Waals surface area contributed by atoms with E-state index in [4.69, 9.17) is 27.3 Å². The first-order valence-corrected chi connectivity index (χ1v) is 11.0. The van der Waals surface area contributed by atoms with E-state index in [1.165, 1.54) is 41.9 Å². The van der Waals surface area contributed by atoms with Gasteiger partial charge in [-0.25, -0.2) is 14.5 Å². The molecule has 4 aromatic rings. The van der Waals surface area contributed by atoms with Crippen LogP contribution in [0.5, 0.6) is 0 Å². The number of ether oxygens (including phenoxy) is 1. The average molecular weight is 515 g/mol. The van der Waals surface area contributed by atoms with Crippen molar-refractivity contribution in [1.82, 2.24) is 20.0 Å². The van der Waals surface area contributed by atoms with Gasteiger partial charge in [0.05, 0.1) is 28.8 Å². The Labute approximate surface area is 208 Å². The number of rotatable bonds is 6. The van der Waals surface area contributed by atoms with Crippen LogP contribution in [0.3, 0.4) is 0 Å². The van der Waals surface area contributed by atoms with E-state index in [-0.39, 0.29) is 17.8 Å². The lowest BCUT2D eigenvalue weighted by atomic mass is 9.95. The second-order valence-corrected chi connectivity index (χ2v) is 8.35. The zero-order valence-electron chi connectivity index (χ0n) is 18.8. The highest BCUT2D eigenvalue weighted by molar-refractivity contribution is 6.35. The van der Waals surface area contributed by atoms with Gasteiger partial charge in [-0.2, -0.15) is 18.4 Å². The SMILES string of the molecule is CCC(OC(=O)c1ccc(N)cc1)(c1cn(Cc2ccc3c(Cl)cc(C#N)nc3c2)nn1)C(F)(F)F. The first-order chi connectivity index (χ1) is 17.1. The molecule has 2 heterocycles. The van der Waals surface area contributed by atoms with Gasteiger partial charge in [-0.15, -0.1) is 5.10 Å². The van der Waals surface area contributed by atoms with E-state index in [0.29, 0.717) is 27.2 Å². The number of alkyl halides is 3. The maximum absolute atomic E-state index is 14.3. The Morgan fingerprint density at radius 3 is 2.56 bits per heavy atom. The van der Waals surface area contributed by atoms with Crippen molar-refractivity contribution in [3.63, 3.8) is 0 Å². The third-order valence-electron chi connectivity index (χ3n) is 5.60. The third-order valence-corrected chi connectivity index (χ3v) is 5.92. The molecule has 0 radical (unpaired) electrons. The van der Waals surface area contributed by atoms with Crippen LogP contribution in [0.25, 0.3) is 10.9 Å². The predicted molar refractivity (Wildman–Crippen MR) is 125 cm³/mol. The quantitative estimate of drug-likeness (QED) is 0.284. The van der Waals surface area contributed by atoms with Crippen LogP contribution in [-0.4, -0.2) is 32.1 Å². The highest BCUT2D eigenvalue weighted by Gasteiger charge is 2.60. The van der Waals surface area contributed by atoms with Crippen LogP contribution in [0.1, 0.15) is 40.7 Å². The number of carbonyl (C=O) groups is 1. The van der Waals surface area contributed by atoms with E-state index in [1.54, 1.807) is 18.2 Å². The molecule has 184 valence electrons. The molecular formula is C24H18ClF3N6O2. The molecule has 0 spiro atoms. The fraction of sp³-hybridized carbons (Fsp3) is 0.208. The van der Waals surface area contributed by atoms with Crippen LogP contribution < -0.4 is 5.73 Å². The molecule has 0 aliphatic carbocycles. The number of fused-ring (bicyclic) bond motifs is 1. The normalized spacial score (nSPS) is 13.2. The maximum atomic E-state index is 14.3. The molecule has 8 nitrogen and oxygen atoms in total. The van der Waals surface area contributed by atoms with Gasteiger partial charge < -0.3 is 10.5 Å². The lowest BCUT2D eigenvalue weighted by molar-refractivity contribution is -0.268. The van der Waals surface area contributed by atoms with Crippen molar-refractivity contribution in [3.8, 4) is 6.07 Å². The summed E-state index contributed by atoms with van der Waals surface area (Å²) in [4.78, 5) is 16.8. The standard InChI is InChI=1S/C24H18ClF3N6O2/c1-2-23(24(26,27)28,36-22(35)15-4-6-16(30)7-5-15)21-13-34(33-32-21)12-14-3-8-18-19(25)10-17(11-29)31-20(18)9-14/h3-10,13H,2,12,30H2,1H3. The van der Waals surface area contributed by atoms with E-state index in [0.717, 1.165) is 6.20 Å². The minimum Gasteiger partial charge on any atom is -0.439 e. The lowest BCUT2D eigenvalue weighted by Crippen LogP contribution is -2.46. The Hall–Kier alpha value is -4.17. The average Bonchev–Trinajstić information content (AvgIpc) is 3.30. The highest BCUT2D eigenvalue weighted by atomic mass is 35.5. The van der Waals surface area contributed by atoms with E-state index in [2.05, 4.69) is 15.3 Å². The van der Waals surface area contributed by atoms with Crippen LogP contribution >= 0.6 is 11.6 Å². The Balaban J connectivity index is 1.65. The molecule has 2 aromatic carbocycles. The number of benzene rings is 2. The molecule has 0 aliphatic heterocycles. The zero-order chi connectivity index (χ0) is 26.1. The summed E-state index contributed by atoms with van der Waals surface area (Å²) in [5.41, 5.74) is 3.49. The van der Waals surface area contributed by atoms with Gasteiger partial charge in [0, 0.05) is 11.1 Å². The minimum absolute atomic E-state index is 0.0442. The van der Waals surface area contributed by atoms with Crippen LogP contribution in [0, 0.1) is 11.3 Å². The van der Waals surface area contributed by atoms with E-state index < -0.39 is 29.9 Å². The molecule has 0 aliphatic rings. The number of pyridine rings is 1. The van der Waals surface area contributed by atoms with Gasteiger partial charge in [-0.05, 0) is 48.4 Å². The molecule has 0 bridgehead atoms. The summed E-state index contributed by atoms with van der Waals surface area (Å²) in [7, 11) is 0. The van der Waals surface area contributed by atoms with Crippen molar-refractivity contribution < 1.29 is 22.7 Å². The van der Waals surface area contributed by atoms with Crippen molar-refractivity contribution in [1.29, 1.82) is 5.26 Å². The molecule has 0 amide bonds. The predicted octanol–water partition coefficient (Wildman–Crippen LogP) is 5.01. The minimum atomic E-state index is -4.97. The van der Waals surface area contributed by atoms with Gasteiger partial charge in [0.25, 0.3) is 5.60 Å². The van der Waals surface area contributed by atoms with Gasteiger partial charge in [-0.1, -0.05) is 35.9 Å². The summed E-state index contributed by atoms with van der Waals surface area (Å²) in [6.45, 7) is 1.29. The Morgan fingerprint density at radius 2 is 1.92 bits per heavy atom. The number of nitrogens with two attached hydrogens (primary N) is 1. The molecular weight excluding hydrogens is 497 g/mol. The highest BCUT2D eigenvalue weighted by Crippen LogP contribution is 2.44. The van der Waals surface area contributed by atoms with Crippen LogP contribution in [0.4, 0.5) is 18.9 Å². The largest absolute Gasteiger partial charge is 0.439 e. The first-order valence-electron chi connectivity index (χ1n) is 10.6. The Kier molecular flexibility index (Phi) is 6.56. The number of esters is 1. The molecule has 36 heavy (non-hydrogen) atoms. The molecule has 2 N–H and O–H groups in total. The number of carbonyl (C=O) groups excluding carboxylic acids is 1. The number of hydrogen-bond donors (Lipinski definition) is 1. The summed E-state index contributed by atoms with van der Waals surface area (Å²) in [6.07, 6.45) is -4.50. The number of halogens is 4. The van der Waals surface area contributed by atoms with Crippen LogP contribution in [0.2, 0.25) is 5.02 Å². The number of nitrogen functional groups attached to an aromatic ring is 1. The van der Waals surface area contributed by atoms with Crippen LogP contribution in [-0.2, 0) is 16.9 Å². The van der Waals surface area contributed by atoms with Gasteiger partial charge in [0.2, 0.25) is 0 Å². The number of nitrogens with zero attached hydrogens (tertiary/aromatic N) is 5. The van der Waals surface area contributed by atoms with Crippen molar-refractivity contribution in [3.05, 3.63) is 82.3 Å². The molecule has 0 saturated heterocycles. The molecule has 4 rings (SSSR count). The monoisotopic (exact) mass is 514 g/mol. The zero-order valence-corrected chi connectivity index (χ0v) is 19.5. The molecule has 0 saturated carbocycles. The summed E-state index contributed by atoms with van der Waals surface area (Å²) in [5.74, 6) is -1.17. The number of anilines is 1. The smallest absolute Gasteiger partial charge is 0.434 e. The van der Waals surface area contributed by atoms with Gasteiger partial charge in [-0.3, -0.25) is 0 Å². The third kappa shape index (κ3) is 4.67. The van der Waals surface area contributed by atoms with Crippen LogP contribution in [0.15, 0.2) is 54.7 Å². The summed E-state index contributed by atoms with van der Waals surface area (Å²) in [5, 5.41) is 17.6. The molecule has 0 fully saturated rings. The molecule has 12 heteroatoms. The fourth-order valence-corrected chi connectivity index (χ4v) is 3.94. The molecule has 1 unspecified atom stereocenters. The first kappa shape index (κ1) is 24.9. The van der Waals surface area contributed by atoms with Crippen molar-refractivity contribution in [2.75, 3.05) is 5.73 Å². The number of hydrogen-bond acceptors (Lipinski definition) is 7. The lowest BCUT2D eigenvalue weighted by Gasteiger charge is -2.32. The van der Waals surface area contributed by atoms with Crippen molar-refractivity contribution >= 4 is 34.2 Å².